The van der Waals surface area contributed by atoms with Crippen molar-refractivity contribution in [2.75, 3.05) is 0 Å². The zero-order valence-corrected chi connectivity index (χ0v) is 8.69. The van der Waals surface area contributed by atoms with E-state index in [0.717, 1.165) is 6.04 Å². The van der Waals surface area contributed by atoms with Gasteiger partial charge in [0.2, 0.25) is 0 Å². The molecule has 78 valence electrons. The van der Waals surface area contributed by atoms with Gasteiger partial charge in [-0.15, -0.1) is 0 Å². The Hall–Kier alpha value is -1.22. The van der Waals surface area contributed by atoms with Crippen LogP contribution in [0.15, 0.2) is 24.8 Å². The minimum absolute atomic E-state index is 0.531. The molecule has 2 aliphatic rings. The van der Waals surface area contributed by atoms with E-state index in [1.807, 2.05) is 12.4 Å². The Labute approximate surface area is 89.6 Å². The molecular weight excluding hydrogens is 186 g/mol. The maximum absolute atomic E-state index is 4.09. The van der Waals surface area contributed by atoms with Gasteiger partial charge in [-0.2, -0.15) is 0 Å². The van der Waals surface area contributed by atoms with Gasteiger partial charge in [0, 0.05) is 30.0 Å². The minimum Gasteiger partial charge on any atom is -0.307 e. The highest BCUT2D eigenvalue weighted by molar-refractivity contribution is 5.69. The molecule has 2 bridgehead atoms. The van der Waals surface area contributed by atoms with E-state index < -0.39 is 0 Å². The third-order valence-corrected chi connectivity index (χ3v) is 3.39. The molecule has 1 aromatic rings. The van der Waals surface area contributed by atoms with Crippen LogP contribution in [0.2, 0.25) is 0 Å². The molecule has 3 nitrogen and oxygen atoms in total. The fourth-order valence-corrected chi connectivity index (χ4v) is 2.64. The molecule has 3 rings (SSSR count). The largest absolute Gasteiger partial charge is 0.307 e. The second-order valence-electron chi connectivity index (χ2n) is 4.36. The number of fused-ring (bicyclic) bond motifs is 2. The Balaban J connectivity index is 1.94. The molecule has 0 aliphatic carbocycles. The maximum atomic E-state index is 4.09. The van der Waals surface area contributed by atoms with E-state index in [4.69, 9.17) is 0 Å². The summed E-state index contributed by atoms with van der Waals surface area (Å²) in [5.41, 5.74) is 2.58. The third kappa shape index (κ3) is 1.67. The van der Waals surface area contributed by atoms with Crippen molar-refractivity contribution in [3.63, 3.8) is 0 Å². The smallest absolute Gasteiger partial charge is 0.115 e. The molecule has 1 fully saturated rings. The van der Waals surface area contributed by atoms with Crippen LogP contribution in [0.3, 0.4) is 0 Å². The van der Waals surface area contributed by atoms with Crippen molar-refractivity contribution in [3.8, 4) is 0 Å². The van der Waals surface area contributed by atoms with Gasteiger partial charge in [0.1, 0.15) is 6.33 Å². The maximum Gasteiger partial charge on any atom is 0.115 e. The molecule has 0 radical (unpaired) electrons. The summed E-state index contributed by atoms with van der Waals surface area (Å²) >= 11 is 0. The van der Waals surface area contributed by atoms with Gasteiger partial charge in [0.25, 0.3) is 0 Å². The molecule has 3 heterocycles. The first kappa shape index (κ1) is 9.04. The van der Waals surface area contributed by atoms with E-state index in [0.29, 0.717) is 6.04 Å². The van der Waals surface area contributed by atoms with Gasteiger partial charge in [0.15, 0.2) is 0 Å². The van der Waals surface area contributed by atoms with Crippen molar-refractivity contribution in [1.29, 1.82) is 0 Å². The highest BCUT2D eigenvalue weighted by atomic mass is 15.0. The molecule has 0 saturated carbocycles. The zero-order chi connectivity index (χ0) is 10.1. The molecule has 1 N–H and O–H groups in total. The average molecular weight is 201 g/mol. The van der Waals surface area contributed by atoms with Gasteiger partial charge in [-0.25, -0.2) is 9.97 Å². The lowest BCUT2D eigenvalue weighted by Gasteiger charge is -2.14. The molecule has 1 aromatic heterocycles. The third-order valence-electron chi connectivity index (χ3n) is 3.39. The fourth-order valence-electron chi connectivity index (χ4n) is 2.64. The monoisotopic (exact) mass is 201 g/mol. The summed E-state index contributed by atoms with van der Waals surface area (Å²) in [5.74, 6) is 0. The molecule has 0 amide bonds. The van der Waals surface area contributed by atoms with E-state index in [2.05, 4.69) is 21.4 Å². The summed E-state index contributed by atoms with van der Waals surface area (Å²) < 4.78 is 0. The molecular formula is C12H15N3. The van der Waals surface area contributed by atoms with Crippen LogP contribution in [0.5, 0.6) is 0 Å². The molecule has 0 aromatic carbocycles. The first-order valence-corrected chi connectivity index (χ1v) is 5.65. The first-order valence-electron chi connectivity index (χ1n) is 5.65. The number of nitrogens with zero attached hydrogens (tertiary/aromatic N) is 2. The SMILES string of the molecule is C1=C(c2cncnc2)[C@@H]2CC[C@H](CC1)N2. The first-order chi connectivity index (χ1) is 7.43. The van der Waals surface area contributed by atoms with Crippen LogP contribution in [0.1, 0.15) is 31.2 Å². The number of hydrogen-bond donors (Lipinski definition) is 1. The predicted molar refractivity (Wildman–Crippen MR) is 59.2 cm³/mol. The molecule has 0 unspecified atom stereocenters. The Bertz CT molecular complexity index is 372. The van der Waals surface area contributed by atoms with Crippen LogP contribution in [0.25, 0.3) is 5.57 Å². The van der Waals surface area contributed by atoms with E-state index >= 15 is 0 Å². The van der Waals surface area contributed by atoms with Crippen LogP contribution < -0.4 is 5.32 Å². The summed E-state index contributed by atoms with van der Waals surface area (Å²) in [4.78, 5) is 8.19. The Morgan fingerprint density at radius 2 is 2.00 bits per heavy atom. The Morgan fingerprint density at radius 1 is 1.13 bits per heavy atom. The van der Waals surface area contributed by atoms with Crippen molar-refractivity contribution in [2.24, 2.45) is 0 Å². The number of rotatable bonds is 1. The molecule has 2 aliphatic heterocycles. The molecule has 0 spiro atoms. The van der Waals surface area contributed by atoms with Crippen molar-refractivity contribution in [3.05, 3.63) is 30.4 Å². The number of hydrogen-bond acceptors (Lipinski definition) is 3. The van der Waals surface area contributed by atoms with Gasteiger partial charge in [-0.1, -0.05) is 6.08 Å². The van der Waals surface area contributed by atoms with E-state index in [-0.39, 0.29) is 0 Å². The van der Waals surface area contributed by atoms with Gasteiger partial charge in [-0.05, 0) is 31.3 Å². The Kier molecular flexibility index (Phi) is 2.25. The number of allylic oxidation sites excluding steroid dienone is 1. The summed E-state index contributed by atoms with van der Waals surface area (Å²) in [6.45, 7) is 0. The van der Waals surface area contributed by atoms with Crippen LogP contribution >= 0.6 is 0 Å². The van der Waals surface area contributed by atoms with Gasteiger partial charge >= 0.3 is 0 Å². The van der Waals surface area contributed by atoms with Crippen LogP contribution in [0, 0.1) is 0 Å². The summed E-state index contributed by atoms with van der Waals surface area (Å²) in [6.07, 6.45) is 12.8. The molecule has 1 saturated heterocycles. The number of aromatic nitrogens is 2. The van der Waals surface area contributed by atoms with Gasteiger partial charge in [0.05, 0.1) is 0 Å². The van der Waals surface area contributed by atoms with Crippen molar-refractivity contribution >= 4 is 5.57 Å². The predicted octanol–water partition coefficient (Wildman–Crippen LogP) is 1.77. The fraction of sp³-hybridized carbons (Fsp3) is 0.500. The minimum atomic E-state index is 0.531. The summed E-state index contributed by atoms with van der Waals surface area (Å²) in [7, 11) is 0. The van der Waals surface area contributed by atoms with E-state index in [1.165, 1.54) is 36.8 Å². The normalized spacial score (nSPS) is 29.7. The second kappa shape index (κ2) is 3.74. The molecule has 15 heavy (non-hydrogen) atoms. The lowest BCUT2D eigenvalue weighted by molar-refractivity contribution is 0.559. The number of nitrogens with one attached hydrogen (secondary N) is 1. The zero-order valence-electron chi connectivity index (χ0n) is 8.69. The van der Waals surface area contributed by atoms with Crippen molar-refractivity contribution < 1.29 is 0 Å². The quantitative estimate of drug-likeness (QED) is 0.752. The summed E-state index contributed by atoms with van der Waals surface area (Å²) in [6, 6.07) is 1.26. The van der Waals surface area contributed by atoms with Crippen LogP contribution in [0.4, 0.5) is 0 Å². The van der Waals surface area contributed by atoms with Gasteiger partial charge in [-0.3, -0.25) is 0 Å². The van der Waals surface area contributed by atoms with Crippen molar-refractivity contribution in [1.82, 2.24) is 15.3 Å². The van der Waals surface area contributed by atoms with Crippen LogP contribution in [-0.2, 0) is 0 Å². The average Bonchev–Trinajstić information content (AvgIpc) is 2.61. The topological polar surface area (TPSA) is 37.8 Å². The standard InChI is InChI=1S/C12H15N3/c1-2-10-4-5-12(15-10)11(3-1)9-6-13-8-14-7-9/h3,6-8,10,12,15H,1-2,4-5H2/t10-,12-/m0/s1. The Morgan fingerprint density at radius 3 is 2.87 bits per heavy atom. The molecule has 3 heteroatoms. The molecule has 2 atom stereocenters. The van der Waals surface area contributed by atoms with Gasteiger partial charge < -0.3 is 5.32 Å². The summed E-state index contributed by atoms with van der Waals surface area (Å²) in [5, 5.41) is 3.68. The highest BCUT2D eigenvalue weighted by Gasteiger charge is 2.28. The lowest BCUT2D eigenvalue weighted by atomic mass is 9.96. The van der Waals surface area contributed by atoms with Crippen LogP contribution in [-0.4, -0.2) is 22.1 Å². The van der Waals surface area contributed by atoms with E-state index in [9.17, 15) is 0 Å². The van der Waals surface area contributed by atoms with Crippen molar-refractivity contribution in [2.45, 2.75) is 37.8 Å². The highest BCUT2D eigenvalue weighted by Crippen LogP contribution is 2.31. The second-order valence-corrected chi connectivity index (χ2v) is 4.36. The van der Waals surface area contributed by atoms with E-state index in [1.54, 1.807) is 6.33 Å². The lowest BCUT2D eigenvalue weighted by Crippen LogP contribution is -2.28.